The van der Waals surface area contributed by atoms with E-state index in [0.29, 0.717) is 0 Å². The Kier molecular flexibility index (Phi) is 13.4. The van der Waals surface area contributed by atoms with Crippen molar-refractivity contribution < 1.29 is 46.8 Å². The summed E-state index contributed by atoms with van der Waals surface area (Å²) in [5.41, 5.74) is 0. The summed E-state index contributed by atoms with van der Waals surface area (Å²) in [5, 5.41) is 27.4. The van der Waals surface area contributed by atoms with Gasteiger partial charge in [-0.1, -0.05) is 139 Å². The van der Waals surface area contributed by atoms with E-state index in [1.165, 1.54) is 0 Å². The van der Waals surface area contributed by atoms with Gasteiger partial charge in [-0.3, -0.25) is 14.4 Å². The number of halogens is 18. The Morgan fingerprint density at radius 3 is 0.694 bits per heavy atom. The van der Waals surface area contributed by atoms with Gasteiger partial charge in [-0.2, -0.15) is 0 Å². The smallest absolute Gasteiger partial charge is 0.311 e. The number of hydrogen-bond acceptors (Lipinski definition) is 3. The van der Waals surface area contributed by atoms with Crippen LogP contribution in [0.5, 0.6) is 0 Å². The predicted molar refractivity (Wildman–Crippen MR) is 198 cm³/mol. The molecule has 49 heavy (non-hydrogen) atoms. The Labute approximate surface area is 378 Å². The van der Waals surface area contributed by atoms with E-state index < -0.39 is 77.9 Å². The van der Waals surface area contributed by atoms with Crippen LogP contribution in [0, 0.1) is 17.8 Å². The van der Waals surface area contributed by atoms with Crippen LogP contribution in [0.1, 0.15) is 19.3 Å². The molecule has 6 rings (SSSR count). The number of carboxylic acid groups (broad SMARTS) is 3. The van der Waals surface area contributed by atoms with Crippen molar-refractivity contribution >= 4 is 227 Å². The quantitative estimate of drug-likeness (QED) is 0.192. The Hall–Kier alpha value is 3.37. The molecular weight excluding hydrogens is 1080 g/mol. The van der Waals surface area contributed by atoms with Crippen LogP contribution in [0.3, 0.4) is 0 Å². The maximum atomic E-state index is 11.2. The minimum atomic E-state index is -1.79. The summed E-state index contributed by atoms with van der Waals surface area (Å²) in [7, 11) is 0. The molecule has 6 aliphatic carbocycles. The van der Waals surface area contributed by atoms with Crippen molar-refractivity contribution in [1.82, 2.24) is 0 Å². The van der Waals surface area contributed by atoms with Crippen LogP contribution in [0.25, 0.3) is 0 Å². The van der Waals surface area contributed by atoms with Gasteiger partial charge in [0.15, 0.2) is 13.0 Å². The fourth-order valence-corrected chi connectivity index (χ4v) is 15.5. The summed E-state index contributed by atoms with van der Waals surface area (Å²) in [6.07, 6.45) is -0.0275. The van der Waals surface area contributed by atoms with Crippen molar-refractivity contribution in [1.29, 1.82) is 0 Å². The molecule has 25 heteroatoms. The molecule has 6 bridgehead atoms. The fraction of sp³-hybridized carbons (Fsp3) is 0.625. The molecule has 9 atom stereocenters. The summed E-state index contributed by atoms with van der Waals surface area (Å²) >= 11 is 109. The number of hydrogen-bond donors (Lipinski definition) is 3. The van der Waals surface area contributed by atoms with Gasteiger partial charge in [0, 0.05) is 17.1 Å². The predicted octanol–water partition coefficient (Wildman–Crippen LogP) is 11.8. The summed E-state index contributed by atoms with van der Waals surface area (Å²) in [4.78, 5) is 24.9. The molecule has 6 aliphatic rings. The Balaban J connectivity index is 0.000000197. The molecule has 6 nitrogen and oxygen atoms in total. The number of alkyl halides is 12. The maximum Gasteiger partial charge on any atom is 0.311 e. The van der Waals surface area contributed by atoms with Crippen LogP contribution in [-0.2, 0) is 31.5 Å². The summed E-state index contributed by atoms with van der Waals surface area (Å²) in [6, 6.07) is 0. The SMILES string of the molecule is O=C(O)C1C2(Cl)CC(Cl)(C(Cl)=C2Cl)C1(Cl)Cl.O=C(O)C1C2(Cl)CC(Cl)(C(Cl)=C2Cl)C1(Cl)Cl.O=C(O)C1C2(Cl)CC(Cl)(C(Cl)=C2Cl)C1(Cl)Cl.[Fe]. The number of carbonyl (C=O) groups is 3. The number of carboxylic acids is 3. The van der Waals surface area contributed by atoms with E-state index in [2.05, 4.69) is 0 Å². The van der Waals surface area contributed by atoms with Crippen LogP contribution in [-0.4, -0.2) is 75.5 Å². The van der Waals surface area contributed by atoms with E-state index in [-0.39, 0.29) is 66.5 Å². The molecule has 0 aromatic carbocycles. The molecule has 3 saturated carbocycles. The molecular formula is C24H12Cl18FeO6. The molecule has 3 fully saturated rings. The number of allylic oxidation sites excluding steroid dienone is 6. The molecule has 9 unspecified atom stereocenters. The summed E-state index contributed by atoms with van der Waals surface area (Å²) in [6.45, 7) is 0. The van der Waals surface area contributed by atoms with Gasteiger partial charge in [-0.25, -0.2) is 0 Å². The molecule has 0 aliphatic heterocycles. The second-order valence-electron chi connectivity index (χ2n) is 11.6. The Bertz CT molecular complexity index is 1450. The van der Waals surface area contributed by atoms with E-state index in [0.717, 1.165) is 0 Å². The monoisotopic (exact) mass is 1080 g/mol. The van der Waals surface area contributed by atoms with Crippen molar-refractivity contribution in [2.75, 3.05) is 0 Å². The molecule has 0 aromatic heterocycles. The third-order valence-electron chi connectivity index (χ3n) is 9.01. The van der Waals surface area contributed by atoms with Gasteiger partial charge in [0.2, 0.25) is 0 Å². The topological polar surface area (TPSA) is 112 Å². The molecule has 0 saturated heterocycles. The molecule has 3 N–H and O–H groups in total. The third-order valence-corrected chi connectivity index (χ3v) is 20.3. The average Bonchev–Trinajstić information content (AvgIpc) is 3.49. The van der Waals surface area contributed by atoms with E-state index >= 15 is 0 Å². The zero-order valence-electron chi connectivity index (χ0n) is 22.6. The molecule has 0 heterocycles. The van der Waals surface area contributed by atoms with Crippen molar-refractivity contribution in [3.05, 3.63) is 30.2 Å². The minimum Gasteiger partial charge on any atom is -0.481 e. The van der Waals surface area contributed by atoms with Gasteiger partial charge in [0.25, 0.3) is 0 Å². The first-order valence-corrected chi connectivity index (χ1v) is 19.2. The van der Waals surface area contributed by atoms with Crippen molar-refractivity contribution in [3.8, 4) is 0 Å². The van der Waals surface area contributed by atoms with Crippen LogP contribution in [0.4, 0.5) is 0 Å². The van der Waals surface area contributed by atoms with Crippen LogP contribution >= 0.6 is 209 Å². The van der Waals surface area contributed by atoms with Gasteiger partial charge in [-0.05, 0) is 19.3 Å². The first-order chi connectivity index (χ1) is 21.3. The number of rotatable bonds is 3. The molecule has 0 radical (unpaired) electrons. The van der Waals surface area contributed by atoms with Crippen LogP contribution in [0.15, 0.2) is 30.2 Å². The standard InChI is InChI=1S/3C8H4Cl6O2.Fe/c3*9-3-4(10)7(12)1-6(3,11)2(5(15)16)8(7,13)14;/h3*2H,1H2,(H,15,16);. The minimum absolute atomic E-state index is 0. The molecule has 0 amide bonds. The van der Waals surface area contributed by atoms with E-state index in [4.69, 9.17) is 224 Å². The van der Waals surface area contributed by atoms with Crippen LogP contribution < -0.4 is 0 Å². The average molecular weight is 1090 g/mol. The van der Waals surface area contributed by atoms with Crippen molar-refractivity contribution in [2.24, 2.45) is 17.8 Å². The Morgan fingerprint density at radius 1 is 0.408 bits per heavy atom. The van der Waals surface area contributed by atoms with Crippen molar-refractivity contribution in [2.45, 2.75) is 61.5 Å². The number of fused-ring (bicyclic) bond motifs is 6. The van der Waals surface area contributed by atoms with Crippen LogP contribution in [0.2, 0.25) is 0 Å². The first kappa shape index (κ1) is 46.7. The third kappa shape index (κ3) is 6.01. The van der Waals surface area contributed by atoms with Gasteiger partial charge in [0.1, 0.15) is 32.4 Å². The molecule has 0 spiro atoms. The van der Waals surface area contributed by atoms with Crippen molar-refractivity contribution in [3.63, 3.8) is 0 Å². The van der Waals surface area contributed by atoms with E-state index in [1.807, 2.05) is 0 Å². The molecule has 0 aromatic rings. The largest absolute Gasteiger partial charge is 0.481 e. The van der Waals surface area contributed by atoms with Gasteiger partial charge in [0.05, 0.1) is 44.8 Å². The molecule has 278 valence electrons. The zero-order valence-corrected chi connectivity index (χ0v) is 37.3. The van der Waals surface area contributed by atoms with Gasteiger partial charge >= 0.3 is 17.9 Å². The van der Waals surface area contributed by atoms with Gasteiger partial charge in [-0.15, -0.1) is 69.6 Å². The summed E-state index contributed by atoms with van der Waals surface area (Å²) < 4.78 is -5.38. The number of aliphatic carboxylic acids is 3. The van der Waals surface area contributed by atoms with E-state index in [9.17, 15) is 14.4 Å². The van der Waals surface area contributed by atoms with E-state index in [1.54, 1.807) is 0 Å². The second-order valence-corrected chi connectivity index (χ2v) is 22.0. The zero-order chi connectivity index (χ0) is 37.5. The fourth-order valence-electron chi connectivity index (χ4n) is 6.68. The normalized spacial score (nSPS) is 44.3. The second kappa shape index (κ2) is 14.0. The summed E-state index contributed by atoms with van der Waals surface area (Å²) in [5.74, 6) is -7.70. The maximum absolute atomic E-state index is 11.2. The Morgan fingerprint density at radius 2 is 0.571 bits per heavy atom. The first-order valence-electron chi connectivity index (χ1n) is 12.4. The van der Waals surface area contributed by atoms with Gasteiger partial charge < -0.3 is 15.3 Å².